The van der Waals surface area contributed by atoms with Crippen LogP contribution in [0.15, 0.2) is 0 Å². The van der Waals surface area contributed by atoms with Crippen molar-refractivity contribution in [3.05, 3.63) is 0 Å². The maximum absolute atomic E-state index is 2.72. The van der Waals surface area contributed by atoms with Crippen LogP contribution in [-0.4, -0.2) is 3.92 Å². The van der Waals surface area contributed by atoms with E-state index in [1.54, 1.807) is 44.9 Å². The van der Waals surface area contributed by atoms with E-state index in [-0.39, 0.29) is 0 Å². The van der Waals surface area contributed by atoms with Gasteiger partial charge in [0.2, 0.25) is 0 Å². The third-order valence-electron chi connectivity index (χ3n) is 9.21. The molecule has 0 aromatic heterocycles. The summed E-state index contributed by atoms with van der Waals surface area (Å²) in [5.41, 5.74) is 1.40. The Labute approximate surface area is 151 Å². The molecule has 0 aliphatic heterocycles. The lowest BCUT2D eigenvalue weighted by atomic mass is 9.45. The molecule has 0 saturated heterocycles. The van der Waals surface area contributed by atoms with E-state index in [0.29, 0.717) is 5.41 Å². The van der Waals surface area contributed by atoms with Crippen molar-refractivity contribution in [2.24, 2.45) is 40.4 Å². The smallest absolute Gasteiger partial charge is 0.0115 e. The Kier molecular flexibility index (Phi) is 4.15. The van der Waals surface area contributed by atoms with Crippen LogP contribution in [0.25, 0.3) is 0 Å². The number of fused-ring (bicyclic) bond motifs is 5. The Morgan fingerprint density at radius 3 is 2.36 bits per heavy atom. The van der Waals surface area contributed by atoms with Gasteiger partial charge in [0.1, 0.15) is 0 Å². The number of alkyl halides is 1. The first-order chi connectivity index (χ1) is 10.5. The molecule has 4 fully saturated rings. The average Bonchev–Trinajstić information content (AvgIpc) is 2.84. The zero-order chi connectivity index (χ0) is 15.5. The molecule has 4 saturated carbocycles. The minimum Gasteiger partial charge on any atom is -0.0826 e. The highest BCUT2D eigenvalue weighted by Gasteiger charge is 2.59. The summed E-state index contributed by atoms with van der Waals surface area (Å²) in [5, 5.41) is 0. The highest BCUT2D eigenvalue weighted by molar-refractivity contribution is 14.1. The summed E-state index contributed by atoms with van der Waals surface area (Å²) in [6.45, 7) is 7.88. The van der Waals surface area contributed by atoms with Crippen LogP contribution in [0.5, 0.6) is 0 Å². The van der Waals surface area contributed by atoms with E-state index in [4.69, 9.17) is 0 Å². The van der Waals surface area contributed by atoms with Crippen molar-refractivity contribution >= 4 is 22.6 Å². The van der Waals surface area contributed by atoms with Gasteiger partial charge in [0.15, 0.2) is 0 Å². The molecule has 0 bridgehead atoms. The Balaban J connectivity index is 1.62. The highest BCUT2D eigenvalue weighted by Crippen LogP contribution is 2.68. The first-order valence-electron chi connectivity index (χ1n) is 10.1. The van der Waals surface area contributed by atoms with Gasteiger partial charge in [0.25, 0.3) is 0 Å². The summed E-state index contributed by atoms with van der Waals surface area (Å²) in [5.74, 6) is 5.29. The molecule has 4 aliphatic rings. The second kappa shape index (κ2) is 5.63. The Hall–Kier alpha value is 0.730. The van der Waals surface area contributed by atoms with Crippen LogP contribution >= 0.6 is 22.6 Å². The van der Waals surface area contributed by atoms with Crippen molar-refractivity contribution in [3.8, 4) is 0 Å². The van der Waals surface area contributed by atoms with Gasteiger partial charge < -0.3 is 0 Å². The van der Waals surface area contributed by atoms with Gasteiger partial charge in [0.05, 0.1) is 0 Å². The van der Waals surface area contributed by atoms with E-state index in [9.17, 15) is 0 Å². The largest absolute Gasteiger partial charge is 0.0826 e. The molecule has 0 nitrogen and oxygen atoms in total. The predicted octanol–water partition coefficient (Wildman–Crippen LogP) is 6.86. The second-order valence-corrected chi connectivity index (χ2v) is 11.8. The van der Waals surface area contributed by atoms with E-state index in [0.717, 1.165) is 38.9 Å². The normalized spacial score (nSPS) is 55.9. The van der Waals surface area contributed by atoms with Crippen LogP contribution in [0.4, 0.5) is 0 Å². The number of hydrogen-bond donors (Lipinski definition) is 0. The SMILES string of the molecule is CC(I)[C@H]1CC[C@H]2[C@@H]3CC[C@@H]4CCCC[C@]4(C)[C@H]3CC[C@]12C. The number of rotatable bonds is 1. The first kappa shape index (κ1) is 16.2. The minimum absolute atomic E-state index is 0.680. The molecule has 1 unspecified atom stereocenters. The monoisotopic (exact) mass is 414 g/mol. The topological polar surface area (TPSA) is 0 Å². The molecule has 8 atom stereocenters. The van der Waals surface area contributed by atoms with E-state index in [2.05, 4.69) is 43.4 Å². The van der Waals surface area contributed by atoms with Gasteiger partial charge in [-0.05, 0) is 91.8 Å². The molecule has 0 heterocycles. The predicted molar refractivity (Wildman–Crippen MR) is 103 cm³/mol. The lowest BCUT2D eigenvalue weighted by Crippen LogP contribution is -2.53. The molecule has 1 heteroatoms. The van der Waals surface area contributed by atoms with Gasteiger partial charge in [-0.15, -0.1) is 0 Å². The van der Waals surface area contributed by atoms with Gasteiger partial charge in [-0.3, -0.25) is 0 Å². The molecule has 0 spiro atoms. The summed E-state index contributed by atoms with van der Waals surface area (Å²) in [7, 11) is 0. The van der Waals surface area contributed by atoms with E-state index < -0.39 is 0 Å². The lowest BCUT2D eigenvalue weighted by Gasteiger charge is -2.60. The molecule has 0 amide bonds. The second-order valence-electron chi connectivity index (χ2n) is 9.81. The number of hydrogen-bond acceptors (Lipinski definition) is 0. The quantitative estimate of drug-likeness (QED) is 0.325. The van der Waals surface area contributed by atoms with Crippen molar-refractivity contribution in [3.63, 3.8) is 0 Å². The summed E-state index contributed by atoms with van der Waals surface area (Å²) < 4.78 is 0.866. The van der Waals surface area contributed by atoms with Gasteiger partial charge >= 0.3 is 0 Å². The fourth-order valence-corrected chi connectivity index (χ4v) is 9.27. The van der Waals surface area contributed by atoms with E-state index >= 15 is 0 Å². The van der Waals surface area contributed by atoms with E-state index in [1.807, 2.05) is 0 Å². The zero-order valence-electron chi connectivity index (χ0n) is 14.9. The molecular formula is C21H35I. The molecule has 4 rings (SSSR count). The van der Waals surface area contributed by atoms with Crippen LogP contribution in [-0.2, 0) is 0 Å². The lowest BCUT2D eigenvalue weighted by molar-refractivity contribution is -0.110. The fourth-order valence-electron chi connectivity index (χ4n) is 8.09. The summed E-state index contributed by atoms with van der Waals surface area (Å²) in [4.78, 5) is 0. The van der Waals surface area contributed by atoms with Crippen molar-refractivity contribution in [1.82, 2.24) is 0 Å². The van der Waals surface area contributed by atoms with Crippen molar-refractivity contribution in [2.45, 2.75) is 88.9 Å². The van der Waals surface area contributed by atoms with Crippen molar-refractivity contribution in [1.29, 1.82) is 0 Å². The Morgan fingerprint density at radius 2 is 1.59 bits per heavy atom. The fraction of sp³-hybridized carbons (Fsp3) is 1.00. The molecule has 0 N–H and O–H groups in total. The van der Waals surface area contributed by atoms with Crippen LogP contribution in [0.2, 0.25) is 0 Å². The molecule has 0 aromatic carbocycles. The molecule has 4 aliphatic carbocycles. The molecule has 0 aromatic rings. The summed E-state index contributed by atoms with van der Waals surface area (Å²) in [6, 6.07) is 0. The van der Waals surface area contributed by atoms with Crippen molar-refractivity contribution < 1.29 is 0 Å². The standard InChI is InChI=1S/C21H35I/c1-14(22)17-9-10-18-16-8-7-15-6-4-5-12-20(15,2)19(16)11-13-21(17,18)3/h14-19H,4-13H2,1-3H3/t14?,15-,16-,17+,18-,19-,20-,21+/m0/s1. The van der Waals surface area contributed by atoms with Gasteiger partial charge in [0, 0.05) is 3.92 Å². The summed E-state index contributed by atoms with van der Waals surface area (Å²) in [6.07, 6.45) is 15.5. The molecule has 126 valence electrons. The van der Waals surface area contributed by atoms with Crippen LogP contribution in [0, 0.1) is 40.4 Å². The van der Waals surface area contributed by atoms with Crippen molar-refractivity contribution in [2.75, 3.05) is 0 Å². The third kappa shape index (κ3) is 2.19. The van der Waals surface area contributed by atoms with Crippen LogP contribution < -0.4 is 0 Å². The van der Waals surface area contributed by atoms with Gasteiger partial charge in [-0.1, -0.05) is 56.2 Å². The maximum Gasteiger partial charge on any atom is 0.0115 e. The Bertz CT molecular complexity index is 430. The Morgan fingerprint density at radius 1 is 0.818 bits per heavy atom. The maximum atomic E-state index is 2.72. The van der Waals surface area contributed by atoms with E-state index in [1.165, 1.54) is 19.3 Å². The van der Waals surface area contributed by atoms with Crippen LogP contribution in [0.1, 0.15) is 85.0 Å². The average molecular weight is 414 g/mol. The minimum atomic E-state index is 0.680. The van der Waals surface area contributed by atoms with Gasteiger partial charge in [-0.2, -0.15) is 0 Å². The molecule has 0 radical (unpaired) electrons. The number of halogens is 1. The summed E-state index contributed by atoms with van der Waals surface area (Å²) >= 11 is 2.72. The zero-order valence-corrected chi connectivity index (χ0v) is 17.1. The highest BCUT2D eigenvalue weighted by atomic mass is 127. The van der Waals surface area contributed by atoms with Crippen LogP contribution in [0.3, 0.4) is 0 Å². The third-order valence-corrected chi connectivity index (χ3v) is 10.1. The van der Waals surface area contributed by atoms with Gasteiger partial charge in [-0.25, -0.2) is 0 Å². The first-order valence-corrected chi connectivity index (χ1v) is 11.4. The molecular weight excluding hydrogens is 379 g/mol. The molecule has 22 heavy (non-hydrogen) atoms.